The first-order valence-corrected chi connectivity index (χ1v) is 45.6. The monoisotopic (exact) mass is 1480 g/mol. The number of carbonyl (C=O) groups excluding carboxylic acids is 4. The van der Waals surface area contributed by atoms with E-state index in [-0.39, 0.29) is 25.7 Å². The Morgan fingerprint density at radius 3 is 0.673 bits per heavy atom. The lowest BCUT2D eigenvalue weighted by molar-refractivity contribution is -0.161. The summed E-state index contributed by atoms with van der Waals surface area (Å²) in [5.74, 6) is -1.31. The van der Waals surface area contributed by atoms with Gasteiger partial charge in [-0.05, 0) is 31.6 Å². The molecule has 17 nitrogen and oxygen atoms in total. The standard InChI is InChI=1S/C82H160O17P2/c1-6-9-12-15-18-21-24-26-28-30-32-37-41-46-51-56-61-66-80(85)93-72-78(99-82(87)68-63-58-53-48-43-39-35-34-36-40-44-49-54-59-64-75(4)5)74-97-101(90,91)95-70-76(83)69-94-100(88,89)96-73-77(71-92-79(84)65-60-55-50-45-23-20-17-14-11-8-3)98-81(86)67-62-57-52-47-42-38-33-31-29-27-25-22-19-16-13-10-7-2/h75-78,83H,6-74H2,1-5H3,(H,88,89)(H,90,91)/t76-,77+,78+/m0/s1. The van der Waals surface area contributed by atoms with Crippen LogP contribution in [0.2, 0.25) is 0 Å². The van der Waals surface area contributed by atoms with Gasteiger partial charge in [0.05, 0.1) is 26.4 Å². The fraction of sp³-hybridized carbons (Fsp3) is 0.951. The van der Waals surface area contributed by atoms with E-state index in [4.69, 9.17) is 37.0 Å². The number of esters is 4. The lowest BCUT2D eigenvalue weighted by Crippen LogP contribution is -2.30. The Morgan fingerprint density at radius 2 is 0.455 bits per heavy atom. The molecule has 0 aliphatic heterocycles. The van der Waals surface area contributed by atoms with Crippen LogP contribution in [-0.2, 0) is 65.4 Å². The van der Waals surface area contributed by atoms with E-state index in [1.54, 1.807) is 0 Å². The third-order valence-corrected chi connectivity index (χ3v) is 21.2. The average molecular weight is 1480 g/mol. The molecule has 0 aromatic rings. The van der Waals surface area contributed by atoms with Gasteiger partial charge in [-0.3, -0.25) is 37.3 Å². The molecule has 0 spiro atoms. The second kappa shape index (κ2) is 74.9. The molecule has 0 radical (unpaired) electrons. The van der Waals surface area contributed by atoms with Gasteiger partial charge in [0.15, 0.2) is 12.2 Å². The largest absolute Gasteiger partial charge is 0.472 e. The van der Waals surface area contributed by atoms with Crippen molar-refractivity contribution in [3.63, 3.8) is 0 Å². The highest BCUT2D eigenvalue weighted by atomic mass is 31.2. The number of phosphoric acid groups is 2. The van der Waals surface area contributed by atoms with Crippen molar-refractivity contribution in [2.75, 3.05) is 39.6 Å². The van der Waals surface area contributed by atoms with Crippen LogP contribution >= 0.6 is 15.6 Å². The number of ether oxygens (including phenoxy) is 4. The van der Waals surface area contributed by atoms with Crippen LogP contribution < -0.4 is 0 Å². The molecule has 0 saturated heterocycles. The first-order valence-electron chi connectivity index (χ1n) is 42.6. The molecule has 5 atom stereocenters. The van der Waals surface area contributed by atoms with Crippen molar-refractivity contribution in [2.24, 2.45) is 5.92 Å². The van der Waals surface area contributed by atoms with Gasteiger partial charge < -0.3 is 33.8 Å². The summed E-state index contributed by atoms with van der Waals surface area (Å²) < 4.78 is 68.8. The van der Waals surface area contributed by atoms with E-state index >= 15 is 0 Å². The van der Waals surface area contributed by atoms with Crippen molar-refractivity contribution < 1.29 is 80.2 Å². The molecule has 0 aromatic heterocycles. The van der Waals surface area contributed by atoms with Crippen LogP contribution in [0.3, 0.4) is 0 Å². The first-order chi connectivity index (χ1) is 49.0. The van der Waals surface area contributed by atoms with E-state index in [2.05, 4.69) is 34.6 Å². The Bertz CT molecular complexity index is 1930. The summed E-state index contributed by atoms with van der Waals surface area (Å²) in [4.78, 5) is 73.1. The van der Waals surface area contributed by atoms with Crippen molar-refractivity contribution >= 4 is 39.5 Å². The van der Waals surface area contributed by atoms with Gasteiger partial charge in [-0.15, -0.1) is 0 Å². The lowest BCUT2D eigenvalue weighted by Gasteiger charge is -2.21. The zero-order valence-electron chi connectivity index (χ0n) is 66.1. The van der Waals surface area contributed by atoms with Crippen LogP contribution in [0.5, 0.6) is 0 Å². The smallest absolute Gasteiger partial charge is 0.462 e. The maximum Gasteiger partial charge on any atom is 0.472 e. The Balaban J connectivity index is 5.23. The van der Waals surface area contributed by atoms with E-state index in [0.29, 0.717) is 25.7 Å². The number of hydrogen-bond acceptors (Lipinski definition) is 15. The van der Waals surface area contributed by atoms with E-state index in [1.807, 2.05) is 0 Å². The van der Waals surface area contributed by atoms with E-state index in [1.165, 1.54) is 263 Å². The zero-order chi connectivity index (χ0) is 74.1. The van der Waals surface area contributed by atoms with Crippen LogP contribution in [0, 0.1) is 5.92 Å². The average Bonchev–Trinajstić information content (AvgIpc) is 0.915. The van der Waals surface area contributed by atoms with Crippen LogP contribution in [0.4, 0.5) is 0 Å². The Hall–Kier alpha value is -1.94. The number of rotatable bonds is 82. The van der Waals surface area contributed by atoms with Gasteiger partial charge >= 0.3 is 39.5 Å². The fourth-order valence-electron chi connectivity index (χ4n) is 12.8. The van der Waals surface area contributed by atoms with Crippen molar-refractivity contribution in [3.05, 3.63) is 0 Å². The third-order valence-electron chi connectivity index (χ3n) is 19.3. The Kier molecular flexibility index (Phi) is 73.5. The molecule has 101 heavy (non-hydrogen) atoms. The highest BCUT2D eigenvalue weighted by molar-refractivity contribution is 7.47. The number of aliphatic hydroxyl groups excluding tert-OH is 1. The normalized spacial score (nSPS) is 13.8. The van der Waals surface area contributed by atoms with Crippen LogP contribution in [-0.4, -0.2) is 96.7 Å². The number of phosphoric ester groups is 2. The molecule has 0 aliphatic carbocycles. The molecular formula is C82H160O17P2. The van der Waals surface area contributed by atoms with Crippen LogP contribution in [0.25, 0.3) is 0 Å². The van der Waals surface area contributed by atoms with Crippen molar-refractivity contribution in [3.8, 4) is 0 Å². The quantitative estimate of drug-likeness (QED) is 0.0222. The predicted molar refractivity (Wildman–Crippen MR) is 414 cm³/mol. The maximum absolute atomic E-state index is 13.1. The second-order valence-electron chi connectivity index (χ2n) is 30.0. The van der Waals surface area contributed by atoms with Gasteiger partial charge in [-0.1, -0.05) is 388 Å². The summed E-state index contributed by atoms with van der Waals surface area (Å²) in [6.45, 7) is 7.36. The molecule has 0 aromatic carbocycles. The summed E-state index contributed by atoms with van der Waals surface area (Å²) >= 11 is 0. The summed E-state index contributed by atoms with van der Waals surface area (Å²) in [5.41, 5.74) is 0. The lowest BCUT2D eigenvalue weighted by atomic mass is 10.0. The minimum Gasteiger partial charge on any atom is -0.462 e. The van der Waals surface area contributed by atoms with E-state index in [0.717, 1.165) is 95.8 Å². The molecule has 19 heteroatoms. The molecule has 2 unspecified atom stereocenters. The molecule has 600 valence electrons. The highest BCUT2D eigenvalue weighted by Gasteiger charge is 2.30. The molecule has 0 aliphatic rings. The molecule has 0 fully saturated rings. The number of aliphatic hydroxyl groups is 1. The Labute approximate surface area is 619 Å². The second-order valence-corrected chi connectivity index (χ2v) is 32.9. The summed E-state index contributed by atoms with van der Waals surface area (Å²) in [6, 6.07) is 0. The van der Waals surface area contributed by atoms with Gasteiger partial charge in [-0.25, -0.2) is 9.13 Å². The molecule has 0 amide bonds. The summed E-state index contributed by atoms with van der Waals surface area (Å²) in [6.07, 6.45) is 66.5. The van der Waals surface area contributed by atoms with Gasteiger partial charge in [0.25, 0.3) is 0 Å². The molecular weight excluding hydrogens is 1320 g/mol. The van der Waals surface area contributed by atoms with E-state index < -0.39 is 97.5 Å². The molecule has 3 N–H and O–H groups in total. The summed E-state index contributed by atoms with van der Waals surface area (Å²) in [7, 11) is -9.92. The van der Waals surface area contributed by atoms with Gasteiger partial charge in [0, 0.05) is 25.7 Å². The minimum absolute atomic E-state index is 0.109. The highest BCUT2D eigenvalue weighted by Crippen LogP contribution is 2.45. The van der Waals surface area contributed by atoms with Crippen molar-refractivity contribution in [1.29, 1.82) is 0 Å². The first kappa shape index (κ1) is 99.1. The molecule has 0 bridgehead atoms. The predicted octanol–water partition coefficient (Wildman–Crippen LogP) is 24.8. The maximum atomic E-state index is 13.1. The third kappa shape index (κ3) is 76.1. The number of hydrogen-bond donors (Lipinski definition) is 3. The minimum atomic E-state index is -4.96. The van der Waals surface area contributed by atoms with Gasteiger partial charge in [-0.2, -0.15) is 0 Å². The topological polar surface area (TPSA) is 237 Å². The van der Waals surface area contributed by atoms with Crippen molar-refractivity contribution in [1.82, 2.24) is 0 Å². The molecule has 0 saturated carbocycles. The van der Waals surface area contributed by atoms with Gasteiger partial charge in [0.1, 0.15) is 19.3 Å². The molecule has 0 rings (SSSR count). The fourth-order valence-corrected chi connectivity index (χ4v) is 14.3. The van der Waals surface area contributed by atoms with Crippen molar-refractivity contribution in [2.45, 2.75) is 457 Å². The Morgan fingerprint density at radius 1 is 0.267 bits per heavy atom. The summed E-state index contributed by atoms with van der Waals surface area (Å²) in [5, 5.41) is 10.7. The number of carbonyl (C=O) groups is 4. The zero-order valence-corrected chi connectivity index (χ0v) is 67.8. The molecule has 0 heterocycles. The van der Waals surface area contributed by atoms with Crippen LogP contribution in [0.1, 0.15) is 439 Å². The van der Waals surface area contributed by atoms with Gasteiger partial charge in [0.2, 0.25) is 0 Å². The van der Waals surface area contributed by atoms with Crippen LogP contribution in [0.15, 0.2) is 0 Å². The number of unbranched alkanes of at least 4 members (excludes halogenated alkanes) is 54. The SMILES string of the molecule is CCCCCCCCCCCCCCCCCCCC(=O)OC[C@H](COP(=O)(O)OC[C@@H](O)COP(=O)(O)OC[C@@H](COC(=O)CCCCCCCCCCCC)OC(=O)CCCCCCCCCCCCCCCCCCC)OC(=O)CCCCCCCCCCCCCCCCC(C)C. The van der Waals surface area contributed by atoms with E-state index in [9.17, 15) is 43.2 Å².